The van der Waals surface area contributed by atoms with Gasteiger partial charge in [-0.2, -0.15) is 11.3 Å². The van der Waals surface area contributed by atoms with Gasteiger partial charge in [0.25, 0.3) is 0 Å². The first-order valence-corrected chi connectivity index (χ1v) is 11.4. The second kappa shape index (κ2) is 10.3. The Morgan fingerprint density at radius 1 is 1.25 bits per heavy atom. The number of aliphatic imine (C=N–C) groups is 1. The first kappa shape index (κ1) is 21.9. The van der Waals surface area contributed by atoms with E-state index in [1.165, 1.54) is 0 Å². The average molecular weight is 452 g/mol. The number of carboxylic acids is 1. The predicted molar refractivity (Wildman–Crippen MR) is 124 cm³/mol. The Morgan fingerprint density at radius 3 is 2.84 bits per heavy atom. The summed E-state index contributed by atoms with van der Waals surface area (Å²) < 4.78 is 18.1. The molecule has 1 N–H and O–H groups in total. The predicted octanol–water partition coefficient (Wildman–Crippen LogP) is 5.40. The molecule has 0 saturated heterocycles. The normalized spacial score (nSPS) is 13.8. The summed E-state index contributed by atoms with van der Waals surface area (Å²) in [5.74, 6) is 0.900. The molecule has 0 saturated carbocycles. The third-order valence-corrected chi connectivity index (χ3v) is 5.91. The molecule has 3 aromatic rings. The number of benzene rings is 2. The van der Waals surface area contributed by atoms with Gasteiger partial charge in [0.2, 0.25) is 5.90 Å². The van der Waals surface area contributed by atoms with Crippen LogP contribution in [0, 0.1) is 6.92 Å². The van der Waals surface area contributed by atoms with Gasteiger partial charge in [-0.1, -0.05) is 24.3 Å². The van der Waals surface area contributed by atoms with E-state index < -0.39 is 12.1 Å². The van der Waals surface area contributed by atoms with E-state index >= 15 is 0 Å². The van der Waals surface area contributed by atoms with Gasteiger partial charge in [0.1, 0.15) is 30.8 Å². The van der Waals surface area contributed by atoms with E-state index in [2.05, 4.69) is 4.99 Å². The number of carboxylic acid groups (broad SMARTS) is 1. The molecular formula is C25H25NO5S. The fraction of sp³-hybridized carbons (Fsp3) is 0.280. The smallest absolute Gasteiger partial charge is 0.303 e. The maximum absolute atomic E-state index is 11.3. The van der Waals surface area contributed by atoms with E-state index in [0.29, 0.717) is 43.6 Å². The number of hydrogen-bond donors (Lipinski definition) is 1. The molecule has 1 unspecified atom stereocenters. The van der Waals surface area contributed by atoms with Crippen molar-refractivity contribution in [3.05, 3.63) is 81.5 Å². The molecule has 0 radical (unpaired) electrons. The van der Waals surface area contributed by atoms with Gasteiger partial charge in [0.05, 0.1) is 12.1 Å². The van der Waals surface area contributed by atoms with Crippen LogP contribution in [0.5, 0.6) is 11.5 Å². The Bertz CT molecular complexity index is 1090. The summed E-state index contributed by atoms with van der Waals surface area (Å²) in [5.41, 5.74) is 3.84. The lowest BCUT2D eigenvalue weighted by Gasteiger charge is -2.23. The Morgan fingerprint density at radius 2 is 2.12 bits per heavy atom. The number of aliphatic carboxylic acids is 1. The van der Waals surface area contributed by atoms with Crippen molar-refractivity contribution in [3.8, 4) is 11.5 Å². The maximum atomic E-state index is 11.3. The molecule has 1 aliphatic heterocycles. The van der Waals surface area contributed by atoms with Gasteiger partial charge in [-0.15, -0.1) is 0 Å². The van der Waals surface area contributed by atoms with E-state index in [0.717, 1.165) is 22.3 Å². The minimum atomic E-state index is -0.858. The molecule has 2 aromatic carbocycles. The molecular weight excluding hydrogens is 426 g/mol. The zero-order chi connectivity index (χ0) is 22.3. The van der Waals surface area contributed by atoms with Crippen LogP contribution >= 0.6 is 11.3 Å². The van der Waals surface area contributed by atoms with Crippen molar-refractivity contribution in [2.75, 3.05) is 13.2 Å². The average Bonchev–Trinajstić information content (AvgIpc) is 3.50. The summed E-state index contributed by atoms with van der Waals surface area (Å²) in [6.07, 6.45) is -0.0900. The van der Waals surface area contributed by atoms with Crippen molar-refractivity contribution in [1.29, 1.82) is 0 Å². The van der Waals surface area contributed by atoms with Crippen molar-refractivity contribution in [2.45, 2.75) is 32.5 Å². The molecule has 2 heterocycles. The number of rotatable bonds is 10. The van der Waals surface area contributed by atoms with Gasteiger partial charge < -0.3 is 19.3 Å². The largest absolute Gasteiger partial charge is 0.489 e. The van der Waals surface area contributed by atoms with Crippen LogP contribution < -0.4 is 9.47 Å². The SMILES string of the molecule is Cc1ccccc1C(CCC(=O)O)Oc1cc(OCc2ccsc2)ccc1C1=NCCO1. The molecule has 32 heavy (non-hydrogen) atoms. The minimum absolute atomic E-state index is 0.000127. The van der Waals surface area contributed by atoms with E-state index in [-0.39, 0.29) is 6.42 Å². The second-order valence-electron chi connectivity index (χ2n) is 7.51. The Kier molecular flexibility index (Phi) is 7.07. The zero-order valence-electron chi connectivity index (χ0n) is 17.8. The first-order chi connectivity index (χ1) is 15.6. The third-order valence-electron chi connectivity index (χ3n) is 5.18. The van der Waals surface area contributed by atoms with Gasteiger partial charge >= 0.3 is 5.97 Å². The minimum Gasteiger partial charge on any atom is -0.489 e. The molecule has 0 aliphatic carbocycles. The third kappa shape index (κ3) is 5.48. The molecule has 6 nitrogen and oxygen atoms in total. The van der Waals surface area contributed by atoms with Crippen molar-refractivity contribution < 1.29 is 24.1 Å². The fourth-order valence-corrected chi connectivity index (χ4v) is 4.19. The van der Waals surface area contributed by atoms with Crippen molar-refractivity contribution in [1.82, 2.24) is 0 Å². The van der Waals surface area contributed by atoms with E-state index in [4.69, 9.17) is 14.2 Å². The van der Waals surface area contributed by atoms with Crippen LogP contribution in [0.1, 0.15) is 41.2 Å². The van der Waals surface area contributed by atoms with Gasteiger partial charge in [0.15, 0.2) is 0 Å². The van der Waals surface area contributed by atoms with Crippen LogP contribution in [-0.2, 0) is 16.1 Å². The molecule has 4 rings (SSSR count). The summed E-state index contributed by atoms with van der Waals surface area (Å²) in [6, 6.07) is 15.5. The summed E-state index contributed by atoms with van der Waals surface area (Å²) in [5, 5.41) is 13.3. The molecule has 0 bridgehead atoms. The molecule has 1 atom stereocenters. The van der Waals surface area contributed by atoms with Crippen molar-refractivity contribution >= 4 is 23.2 Å². The van der Waals surface area contributed by atoms with Crippen LogP contribution in [0.25, 0.3) is 0 Å². The van der Waals surface area contributed by atoms with Gasteiger partial charge in [-0.25, -0.2) is 4.99 Å². The highest BCUT2D eigenvalue weighted by atomic mass is 32.1. The standard InChI is InChI=1S/C25H25NO5S/c1-17-4-2-3-5-20(17)22(8-9-24(27)28)31-23-14-19(30-15-18-10-13-32-16-18)6-7-21(23)25-26-11-12-29-25/h2-7,10,13-14,16,22H,8-9,11-12,15H2,1H3,(H,27,28). The van der Waals surface area contributed by atoms with Gasteiger partial charge in [-0.3, -0.25) is 4.79 Å². The Labute approximate surface area is 191 Å². The highest BCUT2D eigenvalue weighted by Gasteiger charge is 2.22. The lowest BCUT2D eigenvalue weighted by Crippen LogP contribution is -2.14. The highest BCUT2D eigenvalue weighted by molar-refractivity contribution is 7.07. The highest BCUT2D eigenvalue weighted by Crippen LogP contribution is 2.34. The molecule has 1 aliphatic rings. The van der Waals surface area contributed by atoms with E-state index in [9.17, 15) is 9.90 Å². The molecule has 166 valence electrons. The summed E-state index contributed by atoms with van der Waals surface area (Å²) in [6.45, 7) is 3.59. The quantitative estimate of drug-likeness (QED) is 0.447. The number of hydrogen-bond acceptors (Lipinski definition) is 6. The van der Waals surface area contributed by atoms with Crippen LogP contribution in [-0.4, -0.2) is 30.1 Å². The van der Waals surface area contributed by atoms with Crippen LogP contribution in [0.2, 0.25) is 0 Å². The maximum Gasteiger partial charge on any atom is 0.303 e. The van der Waals surface area contributed by atoms with Crippen LogP contribution in [0.3, 0.4) is 0 Å². The molecule has 0 spiro atoms. The molecule has 0 fully saturated rings. The van der Waals surface area contributed by atoms with Crippen LogP contribution in [0.15, 0.2) is 64.3 Å². The monoisotopic (exact) mass is 451 g/mol. The number of thiophene rings is 1. The lowest BCUT2D eigenvalue weighted by atomic mass is 9.99. The Hall–Kier alpha value is -3.32. The second-order valence-corrected chi connectivity index (χ2v) is 8.29. The number of aryl methyl sites for hydroxylation is 1. The van der Waals surface area contributed by atoms with Crippen LogP contribution in [0.4, 0.5) is 0 Å². The van der Waals surface area contributed by atoms with Gasteiger partial charge in [-0.05, 0) is 59.0 Å². The molecule has 1 aromatic heterocycles. The molecule has 7 heteroatoms. The van der Waals surface area contributed by atoms with E-state index in [1.54, 1.807) is 11.3 Å². The van der Waals surface area contributed by atoms with Crippen molar-refractivity contribution in [2.24, 2.45) is 4.99 Å². The number of nitrogens with zero attached hydrogens (tertiary/aromatic N) is 1. The first-order valence-electron chi connectivity index (χ1n) is 10.5. The van der Waals surface area contributed by atoms with Gasteiger partial charge in [0, 0.05) is 12.5 Å². The lowest BCUT2D eigenvalue weighted by molar-refractivity contribution is -0.137. The fourth-order valence-electron chi connectivity index (χ4n) is 3.54. The number of ether oxygens (including phenoxy) is 3. The molecule has 0 amide bonds. The van der Waals surface area contributed by atoms with Crippen molar-refractivity contribution in [3.63, 3.8) is 0 Å². The summed E-state index contributed by atoms with van der Waals surface area (Å²) >= 11 is 1.63. The zero-order valence-corrected chi connectivity index (χ0v) is 18.6. The summed E-state index contributed by atoms with van der Waals surface area (Å²) in [4.78, 5) is 15.7. The number of carbonyl (C=O) groups is 1. The Balaban J connectivity index is 1.64. The topological polar surface area (TPSA) is 77.4 Å². The van der Waals surface area contributed by atoms with E-state index in [1.807, 2.05) is 66.2 Å². The summed E-state index contributed by atoms with van der Waals surface area (Å²) in [7, 11) is 0.